The van der Waals surface area contributed by atoms with Gasteiger partial charge in [0.25, 0.3) is 0 Å². The second kappa shape index (κ2) is 7.04. The number of urea groups is 1. The van der Waals surface area contributed by atoms with Crippen molar-refractivity contribution in [3.8, 4) is 0 Å². The lowest BCUT2D eigenvalue weighted by atomic mass is 10.1. The molecule has 0 fully saturated rings. The van der Waals surface area contributed by atoms with E-state index in [2.05, 4.69) is 10.6 Å². The molecule has 0 saturated heterocycles. The number of nitrogens with two attached hydrogens (primary N) is 2. The number of rotatable bonds is 7. The number of primary amides is 2. The average Bonchev–Trinajstić information content (AvgIpc) is 2.20. The van der Waals surface area contributed by atoms with Gasteiger partial charge in [-0.05, 0) is 6.42 Å². The molecule has 0 heterocycles. The van der Waals surface area contributed by atoms with Crippen molar-refractivity contribution in [3.05, 3.63) is 0 Å². The highest BCUT2D eigenvalue weighted by molar-refractivity contribution is 5.86. The van der Waals surface area contributed by atoms with Crippen LogP contribution in [0.3, 0.4) is 0 Å². The van der Waals surface area contributed by atoms with E-state index in [0.717, 1.165) is 0 Å². The van der Waals surface area contributed by atoms with Gasteiger partial charge in [0.1, 0.15) is 6.04 Å². The number of aliphatic carboxylic acids is 1. The van der Waals surface area contributed by atoms with Crippen molar-refractivity contribution in [2.75, 3.05) is 6.54 Å². The minimum atomic E-state index is -1.31. The van der Waals surface area contributed by atoms with Gasteiger partial charge in [0, 0.05) is 6.42 Å². The molecular formula is C8H14N4O5. The number of carbonyl (C=O) groups is 4. The molecule has 17 heavy (non-hydrogen) atoms. The molecule has 0 spiro atoms. The van der Waals surface area contributed by atoms with Crippen molar-refractivity contribution >= 4 is 23.8 Å². The molecule has 9 heteroatoms. The van der Waals surface area contributed by atoms with Crippen LogP contribution in [0.1, 0.15) is 12.8 Å². The van der Waals surface area contributed by atoms with Crippen LogP contribution in [0.5, 0.6) is 0 Å². The first-order valence-corrected chi connectivity index (χ1v) is 4.66. The van der Waals surface area contributed by atoms with Crippen LogP contribution >= 0.6 is 0 Å². The van der Waals surface area contributed by atoms with Crippen molar-refractivity contribution < 1.29 is 24.3 Å². The van der Waals surface area contributed by atoms with Gasteiger partial charge in [-0.2, -0.15) is 0 Å². The highest BCUT2D eigenvalue weighted by atomic mass is 16.4. The summed E-state index contributed by atoms with van der Waals surface area (Å²) in [6.07, 6.45) is -0.304. The second-order valence-electron chi connectivity index (χ2n) is 3.19. The molecule has 0 saturated carbocycles. The zero-order chi connectivity index (χ0) is 13.4. The van der Waals surface area contributed by atoms with Crippen LogP contribution in [0.25, 0.3) is 0 Å². The van der Waals surface area contributed by atoms with Crippen molar-refractivity contribution in [1.82, 2.24) is 10.6 Å². The minimum Gasteiger partial charge on any atom is -0.480 e. The maximum absolute atomic E-state index is 11.1. The molecule has 0 aliphatic carbocycles. The van der Waals surface area contributed by atoms with E-state index in [4.69, 9.17) is 16.6 Å². The molecule has 0 aromatic rings. The summed E-state index contributed by atoms with van der Waals surface area (Å²) in [5.74, 6) is -2.74. The van der Waals surface area contributed by atoms with Gasteiger partial charge in [-0.1, -0.05) is 0 Å². The zero-order valence-corrected chi connectivity index (χ0v) is 8.93. The quantitative estimate of drug-likeness (QED) is 0.334. The third-order valence-electron chi connectivity index (χ3n) is 1.71. The largest absolute Gasteiger partial charge is 0.480 e. The lowest BCUT2D eigenvalue weighted by Crippen LogP contribution is -2.48. The molecule has 0 rings (SSSR count). The van der Waals surface area contributed by atoms with E-state index < -0.39 is 36.4 Å². The Hall–Kier alpha value is -2.32. The fourth-order valence-corrected chi connectivity index (χ4v) is 0.921. The maximum atomic E-state index is 11.1. The molecule has 4 amide bonds. The summed E-state index contributed by atoms with van der Waals surface area (Å²) in [4.78, 5) is 42.6. The molecule has 0 aromatic heterocycles. The topological polar surface area (TPSA) is 165 Å². The summed E-state index contributed by atoms with van der Waals surface area (Å²) in [6, 6.07) is -2.11. The van der Waals surface area contributed by atoms with Crippen LogP contribution in [0.4, 0.5) is 4.79 Å². The molecule has 0 radical (unpaired) electrons. The van der Waals surface area contributed by atoms with E-state index in [1.165, 1.54) is 0 Å². The van der Waals surface area contributed by atoms with Crippen LogP contribution in [0, 0.1) is 0 Å². The Bertz CT molecular complexity index is 330. The summed E-state index contributed by atoms with van der Waals surface area (Å²) in [5.41, 5.74) is 9.62. The first-order valence-electron chi connectivity index (χ1n) is 4.66. The van der Waals surface area contributed by atoms with Crippen LogP contribution in [0.15, 0.2) is 0 Å². The smallest absolute Gasteiger partial charge is 0.326 e. The van der Waals surface area contributed by atoms with Gasteiger partial charge in [0.05, 0.1) is 6.54 Å². The number of amides is 4. The van der Waals surface area contributed by atoms with Crippen molar-refractivity contribution in [2.45, 2.75) is 18.9 Å². The lowest BCUT2D eigenvalue weighted by molar-refractivity contribution is -0.139. The third-order valence-corrected chi connectivity index (χ3v) is 1.71. The SMILES string of the molecule is NC(=O)CC[C@H](NC(=O)NCC(N)=O)C(=O)O. The molecule has 7 N–H and O–H groups in total. The molecular weight excluding hydrogens is 232 g/mol. The molecule has 0 aliphatic rings. The number of nitrogens with one attached hydrogen (secondary N) is 2. The summed E-state index contributed by atoms with van der Waals surface area (Å²) >= 11 is 0. The first kappa shape index (κ1) is 14.7. The summed E-state index contributed by atoms with van der Waals surface area (Å²) in [5, 5.41) is 12.8. The van der Waals surface area contributed by atoms with Gasteiger partial charge in [0.15, 0.2) is 0 Å². The Balaban J connectivity index is 4.15. The van der Waals surface area contributed by atoms with Gasteiger partial charge in [-0.15, -0.1) is 0 Å². The number of carboxylic acids is 1. The number of hydrogen-bond donors (Lipinski definition) is 5. The first-order chi connectivity index (χ1) is 7.82. The van der Waals surface area contributed by atoms with E-state index in [1.807, 2.05) is 0 Å². The van der Waals surface area contributed by atoms with E-state index in [9.17, 15) is 19.2 Å². The van der Waals surface area contributed by atoms with Crippen molar-refractivity contribution in [3.63, 3.8) is 0 Å². The second-order valence-corrected chi connectivity index (χ2v) is 3.19. The van der Waals surface area contributed by atoms with Crippen molar-refractivity contribution in [2.24, 2.45) is 11.5 Å². The van der Waals surface area contributed by atoms with Crippen LogP contribution in [-0.4, -0.2) is 41.5 Å². The number of carboxylic acid groups (broad SMARTS) is 1. The Labute approximate surface area is 96.5 Å². The molecule has 96 valence electrons. The van der Waals surface area contributed by atoms with E-state index >= 15 is 0 Å². The Morgan fingerprint density at radius 1 is 1.12 bits per heavy atom. The standard InChI is InChI=1S/C8H14N4O5/c9-5(13)2-1-4(7(15)16)12-8(17)11-3-6(10)14/h4H,1-3H2,(H2,9,13)(H2,10,14)(H,15,16)(H2,11,12,17)/t4-/m0/s1. The average molecular weight is 246 g/mol. The summed E-state index contributed by atoms with van der Waals surface area (Å²) in [6.45, 7) is -0.409. The predicted molar refractivity (Wildman–Crippen MR) is 55.6 cm³/mol. The maximum Gasteiger partial charge on any atom is 0.326 e. The van der Waals surface area contributed by atoms with E-state index in [0.29, 0.717) is 0 Å². The number of carbonyl (C=O) groups excluding carboxylic acids is 3. The van der Waals surface area contributed by atoms with Gasteiger partial charge < -0.3 is 27.2 Å². The number of hydrogen-bond acceptors (Lipinski definition) is 4. The van der Waals surface area contributed by atoms with Gasteiger partial charge >= 0.3 is 12.0 Å². The molecule has 0 unspecified atom stereocenters. The lowest BCUT2D eigenvalue weighted by Gasteiger charge is -2.13. The van der Waals surface area contributed by atoms with E-state index in [-0.39, 0.29) is 12.8 Å². The zero-order valence-electron chi connectivity index (χ0n) is 8.93. The van der Waals surface area contributed by atoms with Crippen LogP contribution < -0.4 is 22.1 Å². The fraction of sp³-hybridized carbons (Fsp3) is 0.500. The van der Waals surface area contributed by atoms with Crippen molar-refractivity contribution in [1.29, 1.82) is 0 Å². The van der Waals surface area contributed by atoms with Gasteiger partial charge in [-0.25, -0.2) is 9.59 Å². The predicted octanol–water partition coefficient (Wildman–Crippen LogP) is -2.51. The van der Waals surface area contributed by atoms with Crippen LogP contribution in [-0.2, 0) is 14.4 Å². The molecule has 0 aromatic carbocycles. The van der Waals surface area contributed by atoms with Gasteiger partial charge in [0.2, 0.25) is 11.8 Å². The Morgan fingerprint density at radius 3 is 2.12 bits per heavy atom. The highest BCUT2D eigenvalue weighted by Gasteiger charge is 2.20. The summed E-state index contributed by atoms with van der Waals surface area (Å²) < 4.78 is 0. The fourth-order valence-electron chi connectivity index (χ4n) is 0.921. The minimum absolute atomic E-state index is 0.130. The van der Waals surface area contributed by atoms with Gasteiger partial charge in [-0.3, -0.25) is 9.59 Å². The Morgan fingerprint density at radius 2 is 1.71 bits per heavy atom. The monoisotopic (exact) mass is 246 g/mol. The third kappa shape index (κ3) is 7.59. The molecule has 0 bridgehead atoms. The molecule has 0 aliphatic heterocycles. The summed E-state index contributed by atoms with van der Waals surface area (Å²) in [7, 11) is 0. The molecule has 9 nitrogen and oxygen atoms in total. The van der Waals surface area contributed by atoms with E-state index in [1.54, 1.807) is 0 Å². The highest BCUT2D eigenvalue weighted by Crippen LogP contribution is 1.97. The normalized spacial score (nSPS) is 11.3. The molecule has 1 atom stereocenters. The van der Waals surface area contributed by atoms with Crippen LogP contribution in [0.2, 0.25) is 0 Å². The Kier molecular flexibility index (Phi) is 6.08.